The lowest BCUT2D eigenvalue weighted by Gasteiger charge is -2.15. The van der Waals surface area contributed by atoms with Crippen LogP contribution in [-0.2, 0) is 0 Å². The van der Waals surface area contributed by atoms with Gasteiger partial charge in [0.25, 0.3) is 0 Å². The Hall–Kier alpha value is -1.64. The molecule has 4 N–H and O–H groups in total. The Morgan fingerprint density at radius 1 is 1.53 bits per heavy atom. The van der Waals surface area contributed by atoms with Crippen molar-refractivity contribution < 1.29 is 9.50 Å². The maximum absolute atomic E-state index is 13.4. The summed E-state index contributed by atoms with van der Waals surface area (Å²) < 4.78 is 13.4. The zero-order valence-electron chi connectivity index (χ0n) is 9.87. The lowest BCUT2D eigenvalue weighted by molar-refractivity contribution is 0.171. The summed E-state index contributed by atoms with van der Waals surface area (Å²) in [6, 6.07) is 4.58. The summed E-state index contributed by atoms with van der Waals surface area (Å²) in [5.74, 6) is -0.678. The molecule has 0 amide bonds. The van der Waals surface area contributed by atoms with Crippen molar-refractivity contribution in [2.24, 2.45) is 0 Å². The minimum Gasteiger partial charge on any atom is -0.395 e. The number of rotatable bonds is 4. The molecule has 0 saturated carbocycles. The molecule has 0 aromatic heterocycles. The minimum atomic E-state index is -0.861. The van der Waals surface area contributed by atoms with Gasteiger partial charge in [0.2, 0.25) is 0 Å². The molecule has 0 aliphatic rings. The molecule has 1 atom stereocenters. The van der Waals surface area contributed by atoms with Crippen LogP contribution in [0.4, 0.5) is 10.1 Å². The van der Waals surface area contributed by atoms with Gasteiger partial charge in [-0.2, -0.15) is 5.26 Å². The number of hydrogen-bond donors (Lipinski definition) is 3. The zero-order valence-corrected chi connectivity index (χ0v) is 9.87. The maximum atomic E-state index is 13.4. The molecule has 92 valence electrons. The van der Waals surface area contributed by atoms with Crippen molar-refractivity contribution in [3.63, 3.8) is 0 Å². The van der Waals surface area contributed by atoms with Crippen LogP contribution in [0.5, 0.6) is 0 Å². The smallest absolute Gasteiger partial charge is 0.147 e. The Morgan fingerprint density at radius 3 is 2.71 bits per heavy atom. The van der Waals surface area contributed by atoms with Crippen molar-refractivity contribution >= 4 is 5.69 Å². The van der Waals surface area contributed by atoms with Crippen LogP contribution in [0.3, 0.4) is 0 Å². The molecule has 5 heteroatoms. The molecule has 0 aliphatic heterocycles. The zero-order chi connectivity index (χ0) is 13.0. The highest BCUT2D eigenvalue weighted by Crippen LogP contribution is 2.22. The molecule has 0 bridgehead atoms. The van der Waals surface area contributed by atoms with Crippen molar-refractivity contribution in [2.45, 2.75) is 26.0 Å². The van der Waals surface area contributed by atoms with Gasteiger partial charge >= 0.3 is 0 Å². The average Bonchev–Trinajstić information content (AvgIpc) is 2.29. The normalized spacial score (nSPS) is 12.5. The molecule has 1 aromatic rings. The third kappa shape index (κ3) is 3.41. The number of aliphatic hydroxyl groups excluding tert-OH is 1. The summed E-state index contributed by atoms with van der Waals surface area (Å²) in [6.07, 6.45) is -0.861. The number of anilines is 1. The van der Waals surface area contributed by atoms with E-state index in [1.165, 1.54) is 6.07 Å². The third-order valence-electron chi connectivity index (χ3n) is 2.38. The first-order valence-corrected chi connectivity index (χ1v) is 5.36. The standard InChI is InChI=1S/C12H16FN3O/c1-7(2)16-6-11(17)8-3-9(5-14)12(15)10(13)4-8/h3-4,7,11,16-17H,6,15H2,1-2H3. The van der Waals surface area contributed by atoms with Gasteiger partial charge in [0, 0.05) is 12.6 Å². The number of nitrogen functional groups attached to an aromatic ring is 1. The van der Waals surface area contributed by atoms with Crippen LogP contribution >= 0.6 is 0 Å². The number of hydrogen-bond acceptors (Lipinski definition) is 4. The fourth-order valence-electron chi connectivity index (χ4n) is 1.39. The number of nitrogens with zero attached hydrogens (tertiary/aromatic N) is 1. The van der Waals surface area contributed by atoms with E-state index < -0.39 is 11.9 Å². The number of nitriles is 1. The molecule has 4 nitrogen and oxygen atoms in total. The van der Waals surface area contributed by atoms with Crippen molar-refractivity contribution in [3.05, 3.63) is 29.1 Å². The van der Waals surface area contributed by atoms with E-state index in [0.29, 0.717) is 12.1 Å². The number of aliphatic hydroxyl groups is 1. The van der Waals surface area contributed by atoms with Gasteiger partial charge in [0.05, 0.1) is 17.4 Å². The Balaban J connectivity index is 2.92. The van der Waals surface area contributed by atoms with E-state index in [1.807, 2.05) is 13.8 Å². The largest absolute Gasteiger partial charge is 0.395 e. The number of nitrogens with two attached hydrogens (primary N) is 1. The van der Waals surface area contributed by atoms with Gasteiger partial charge in [-0.3, -0.25) is 0 Å². The lowest BCUT2D eigenvalue weighted by atomic mass is 10.0. The Bertz CT molecular complexity index is 440. The molecule has 17 heavy (non-hydrogen) atoms. The lowest BCUT2D eigenvalue weighted by Crippen LogP contribution is -2.28. The van der Waals surface area contributed by atoms with Gasteiger partial charge < -0.3 is 16.2 Å². The fourth-order valence-corrected chi connectivity index (χ4v) is 1.39. The molecule has 0 radical (unpaired) electrons. The van der Waals surface area contributed by atoms with Gasteiger partial charge in [0.1, 0.15) is 11.9 Å². The molecular weight excluding hydrogens is 221 g/mol. The average molecular weight is 237 g/mol. The molecule has 1 rings (SSSR count). The fraction of sp³-hybridized carbons (Fsp3) is 0.417. The van der Waals surface area contributed by atoms with E-state index in [4.69, 9.17) is 11.0 Å². The summed E-state index contributed by atoms with van der Waals surface area (Å²) in [6.45, 7) is 4.18. The number of nitrogens with one attached hydrogen (secondary N) is 1. The maximum Gasteiger partial charge on any atom is 0.147 e. The summed E-state index contributed by atoms with van der Waals surface area (Å²) in [5.41, 5.74) is 5.60. The summed E-state index contributed by atoms with van der Waals surface area (Å²) in [4.78, 5) is 0. The first-order chi connectivity index (χ1) is 7.95. The molecule has 0 fully saturated rings. The second-order valence-electron chi connectivity index (χ2n) is 4.15. The summed E-state index contributed by atoms with van der Waals surface area (Å²) >= 11 is 0. The minimum absolute atomic E-state index is 0.0450. The van der Waals surface area contributed by atoms with Crippen LogP contribution < -0.4 is 11.1 Å². The molecule has 1 aromatic carbocycles. The Morgan fingerprint density at radius 2 is 2.18 bits per heavy atom. The predicted octanol–water partition coefficient (Wildman–Crippen LogP) is 1.31. The van der Waals surface area contributed by atoms with Crippen molar-refractivity contribution in [3.8, 4) is 6.07 Å². The summed E-state index contributed by atoms with van der Waals surface area (Å²) in [7, 11) is 0. The van der Waals surface area contributed by atoms with Crippen LogP contribution in [-0.4, -0.2) is 17.7 Å². The topological polar surface area (TPSA) is 82.1 Å². The third-order valence-corrected chi connectivity index (χ3v) is 2.38. The van der Waals surface area contributed by atoms with Crippen LogP contribution in [0, 0.1) is 17.1 Å². The quantitative estimate of drug-likeness (QED) is 0.689. The molecule has 0 spiro atoms. The SMILES string of the molecule is CC(C)NCC(O)c1cc(F)c(N)c(C#N)c1. The first kappa shape index (κ1) is 13.4. The van der Waals surface area contributed by atoms with E-state index in [2.05, 4.69) is 5.32 Å². The molecule has 0 aliphatic carbocycles. The van der Waals surface area contributed by atoms with Gasteiger partial charge in [-0.25, -0.2) is 4.39 Å². The van der Waals surface area contributed by atoms with Crippen molar-refractivity contribution in [1.82, 2.24) is 5.32 Å². The Labute approximate surface area is 99.9 Å². The second-order valence-corrected chi connectivity index (χ2v) is 4.15. The van der Waals surface area contributed by atoms with Gasteiger partial charge in [-0.15, -0.1) is 0 Å². The van der Waals surface area contributed by atoms with Gasteiger partial charge in [-0.1, -0.05) is 13.8 Å². The van der Waals surface area contributed by atoms with E-state index in [9.17, 15) is 9.50 Å². The molecule has 0 saturated heterocycles. The van der Waals surface area contributed by atoms with E-state index in [0.717, 1.165) is 6.07 Å². The van der Waals surface area contributed by atoms with Crippen molar-refractivity contribution in [1.29, 1.82) is 5.26 Å². The van der Waals surface area contributed by atoms with Gasteiger partial charge in [0.15, 0.2) is 0 Å². The van der Waals surface area contributed by atoms with Crippen LogP contribution in [0.25, 0.3) is 0 Å². The molecular formula is C12H16FN3O. The van der Waals surface area contributed by atoms with Crippen LogP contribution in [0.15, 0.2) is 12.1 Å². The second kappa shape index (κ2) is 5.62. The number of halogens is 1. The highest BCUT2D eigenvalue weighted by atomic mass is 19.1. The molecule has 1 unspecified atom stereocenters. The van der Waals surface area contributed by atoms with Crippen molar-refractivity contribution in [2.75, 3.05) is 12.3 Å². The van der Waals surface area contributed by atoms with E-state index >= 15 is 0 Å². The first-order valence-electron chi connectivity index (χ1n) is 5.36. The monoisotopic (exact) mass is 237 g/mol. The summed E-state index contributed by atoms with van der Waals surface area (Å²) in [5, 5.41) is 21.6. The highest BCUT2D eigenvalue weighted by molar-refractivity contribution is 5.56. The highest BCUT2D eigenvalue weighted by Gasteiger charge is 2.13. The predicted molar refractivity (Wildman–Crippen MR) is 63.6 cm³/mol. The number of benzene rings is 1. The molecule has 0 heterocycles. The van der Waals surface area contributed by atoms with E-state index in [1.54, 1.807) is 6.07 Å². The van der Waals surface area contributed by atoms with Crippen LogP contribution in [0.2, 0.25) is 0 Å². The van der Waals surface area contributed by atoms with Gasteiger partial charge in [-0.05, 0) is 17.7 Å². The van der Waals surface area contributed by atoms with Crippen LogP contribution in [0.1, 0.15) is 31.1 Å². The van der Waals surface area contributed by atoms with E-state index in [-0.39, 0.29) is 17.3 Å². The Kier molecular flexibility index (Phi) is 4.44.